The van der Waals surface area contributed by atoms with E-state index in [0.717, 1.165) is 12.1 Å². The van der Waals surface area contributed by atoms with Crippen molar-refractivity contribution in [3.63, 3.8) is 0 Å². The third-order valence-electron chi connectivity index (χ3n) is 1.89. The molecular weight excluding hydrogens is 232 g/mol. The van der Waals surface area contributed by atoms with Crippen molar-refractivity contribution in [2.75, 3.05) is 11.9 Å². The maximum absolute atomic E-state index is 10.8. The zero-order valence-corrected chi connectivity index (χ0v) is 8.41. The van der Waals surface area contributed by atoms with Crippen LogP contribution < -0.4 is 5.32 Å². The number of aliphatic carboxylic acids is 1. The van der Waals surface area contributed by atoms with E-state index in [1.54, 1.807) is 0 Å². The molecule has 0 saturated heterocycles. The Morgan fingerprint density at radius 2 is 2.00 bits per heavy atom. The number of nitro groups is 1. The van der Waals surface area contributed by atoms with E-state index < -0.39 is 29.1 Å². The maximum atomic E-state index is 10.8. The molecule has 0 aliphatic rings. The highest BCUT2D eigenvalue weighted by atomic mass is 16.6. The van der Waals surface area contributed by atoms with E-state index in [0.29, 0.717) is 0 Å². The quantitative estimate of drug-likeness (QED) is 0.512. The number of aromatic carboxylic acids is 1. The summed E-state index contributed by atoms with van der Waals surface area (Å²) in [5.74, 6) is -2.62. The molecule has 0 fully saturated rings. The monoisotopic (exact) mass is 240 g/mol. The molecule has 0 radical (unpaired) electrons. The summed E-state index contributed by atoms with van der Waals surface area (Å²) in [5, 5.41) is 30.2. The van der Waals surface area contributed by atoms with Crippen molar-refractivity contribution < 1.29 is 24.7 Å². The standard InChI is InChI=1S/C9H8N2O6/c12-7(13)4-10-8-5(9(14)15)2-1-3-6(8)11(16)17/h1-3,10H,4H2,(H,12,13)(H,14,15). The van der Waals surface area contributed by atoms with Crippen LogP contribution in [0.2, 0.25) is 0 Å². The predicted octanol–water partition coefficient (Wildman–Crippen LogP) is 0.789. The highest BCUT2D eigenvalue weighted by Crippen LogP contribution is 2.27. The van der Waals surface area contributed by atoms with Crippen molar-refractivity contribution in [3.05, 3.63) is 33.9 Å². The first-order valence-electron chi connectivity index (χ1n) is 4.40. The highest BCUT2D eigenvalue weighted by molar-refractivity contribution is 5.97. The first kappa shape index (κ1) is 12.4. The molecule has 0 amide bonds. The van der Waals surface area contributed by atoms with E-state index >= 15 is 0 Å². The minimum absolute atomic E-state index is 0.313. The second-order valence-electron chi connectivity index (χ2n) is 3.01. The molecule has 0 atom stereocenters. The van der Waals surface area contributed by atoms with Crippen LogP contribution in [0.3, 0.4) is 0 Å². The summed E-state index contributed by atoms with van der Waals surface area (Å²) >= 11 is 0. The van der Waals surface area contributed by atoms with E-state index in [9.17, 15) is 19.7 Å². The largest absolute Gasteiger partial charge is 0.480 e. The van der Waals surface area contributed by atoms with Crippen molar-refractivity contribution >= 4 is 23.3 Å². The van der Waals surface area contributed by atoms with Crippen LogP contribution in [-0.2, 0) is 4.79 Å². The Morgan fingerprint density at radius 1 is 1.35 bits per heavy atom. The molecule has 0 aliphatic carbocycles. The Balaban J connectivity index is 3.23. The van der Waals surface area contributed by atoms with Gasteiger partial charge in [0.2, 0.25) is 0 Å². The van der Waals surface area contributed by atoms with Gasteiger partial charge >= 0.3 is 11.9 Å². The summed E-state index contributed by atoms with van der Waals surface area (Å²) in [6.07, 6.45) is 0. The van der Waals surface area contributed by atoms with Gasteiger partial charge in [0.25, 0.3) is 5.69 Å². The number of nitrogens with zero attached hydrogens (tertiary/aromatic N) is 1. The summed E-state index contributed by atoms with van der Waals surface area (Å²) in [6.45, 7) is -0.606. The van der Waals surface area contributed by atoms with Gasteiger partial charge in [-0.15, -0.1) is 0 Å². The second kappa shape index (κ2) is 4.92. The van der Waals surface area contributed by atoms with Crippen molar-refractivity contribution in [2.45, 2.75) is 0 Å². The fourth-order valence-corrected chi connectivity index (χ4v) is 1.22. The molecule has 8 nitrogen and oxygen atoms in total. The molecule has 0 aromatic heterocycles. The van der Waals surface area contributed by atoms with Gasteiger partial charge < -0.3 is 15.5 Å². The number of hydrogen-bond donors (Lipinski definition) is 3. The smallest absolute Gasteiger partial charge is 0.338 e. The number of carbonyl (C=O) groups is 2. The molecule has 0 heterocycles. The molecule has 0 unspecified atom stereocenters. The normalized spacial score (nSPS) is 9.65. The Morgan fingerprint density at radius 3 is 2.47 bits per heavy atom. The Labute approximate surface area is 94.6 Å². The topological polar surface area (TPSA) is 130 Å². The molecule has 8 heteroatoms. The molecule has 3 N–H and O–H groups in total. The minimum atomic E-state index is -1.37. The number of benzene rings is 1. The third-order valence-corrected chi connectivity index (χ3v) is 1.89. The van der Waals surface area contributed by atoms with Crippen LogP contribution >= 0.6 is 0 Å². The number of nitro benzene ring substituents is 1. The Bertz CT molecular complexity index is 452. The lowest BCUT2D eigenvalue weighted by molar-refractivity contribution is -0.384. The van der Waals surface area contributed by atoms with E-state index in [2.05, 4.69) is 5.32 Å². The first-order chi connectivity index (χ1) is 7.93. The molecule has 0 bridgehead atoms. The molecule has 17 heavy (non-hydrogen) atoms. The average molecular weight is 240 g/mol. The van der Waals surface area contributed by atoms with Gasteiger partial charge in [0.15, 0.2) is 0 Å². The van der Waals surface area contributed by atoms with Crippen LogP contribution in [0.25, 0.3) is 0 Å². The van der Waals surface area contributed by atoms with Crippen molar-refractivity contribution in [1.82, 2.24) is 0 Å². The lowest BCUT2D eigenvalue weighted by atomic mass is 10.1. The molecule has 0 aliphatic heterocycles. The molecule has 1 rings (SSSR count). The molecule has 1 aromatic rings. The zero-order valence-electron chi connectivity index (χ0n) is 8.41. The summed E-state index contributed by atoms with van der Waals surface area (Å²) in [5.41, 5.74) is -1.14. The SMILES string of the molecule is O=C(O)CNc1c(C(=O)O)cccc1[N+](=O)[O-]. The fraction of sp³-hybridized carbons (Fsp3) is 0.111. The number of rotatable bonds is 5. The number of nitrogens with one attached hydrogen (secondary N) is 1. The van der Waals surface area contributed by atoms with Gasteiger partial charge in [-0.2, -0.15) is 0 Å². The number of para-hydroxylation sites is 1. The lowest BCUT2D eigenvalue weighted by Gasteiger charge is -2.07. The van der Waals surface area contributed by atoms with Crippen molar-refractivity contribution in [2.24, 2.45) is 0 Å². The summed E-state index contributed by atoms with van der Waals surface area (Å²) in [4.78, 5) is 31.1. The predicted molar refractivity (Wildman–Crippen MR) is 56.2 cm³/mol. The van der Waals surface area contributed by atoms with Crippen LogP contribution in [0.4, 0.5) is 11.4 Å². The maximum Gasteiger partial charge on any atom is 0.338 e. The van der Waals surface area contributed by atoms with E-state index in [4.69, 9.17) is 10.2 Å². The van der Waals surface area contributed by atoms with E-state index in [1.165, 1.54) is 6.07 Å². The van der Waals surface area contributed by atoms with Crippen LogP contribution in [0.5, 0.6) is 0 Å². The number of carboxylic acids is 2. The Kier molecular flexibility index (Phi) is 3.60. The van der Waals surface area contributed by atoms with Crippen LogP contribution in [-0.4, -0.2) is 33.6 Å². The van der Waals surface area contributed by atoms with Crippen molar-refractivity contribution in [3.8, 4) is 0 Å². The average Bonchev–Trinajstić information content (AvgIpc) is 2.25. The van der Waals surface area contributed by atoms with Gasteiger partial charge in [0, 0.05) is 6.07 Å². The summed E-state index contributed by atoms with van der Waals surface area (Å²) in [7, 11) is 0. The fourth-order valence-electron chi connectivity index (χ4n) is 1.22. The molecule has 0 saturated carbocycles. The van der Waals surface area contributed by atoms with Gasteiger partial charge in [-0.1, -0.05) is 6.07 Å². The molecule has 0 spiro atoms. The molecular formula is C9H8N2O6. The second-order valence-corrected chi connectivity index (χ2v) is 3.01. The van der Waals surface area contributed by atoms with Crippen molar-refractivity contribution in [1.29, 1.82) is 0 Å². The molecule has 1 aromatic carbocycles. The molecule has 90 valence electrons. The van der Waals surface area contributed by atoms with Crippen LogP contribution in [0.1, 0.15) is 10.4 Å². The van der Waals surface area contributed by atoms with Gasteiger partial charge in [-0.05, 0) is 6.07 Å². The Hall–Kier alpha value is -2.64. The van der Waals surface area contributed by atoms with E-state index in [-0.39, 0.29) is 11.3 Å². The van der Waals surface area contributed by atoms with Gasteiger partial charge in [0.05, 0.1) is 10.5 Å². The van der Waals surface area contributed by atoms with Crippen LogP contribution in [0.15, 0.2) is 18.2 Å². The van der Waals surface area contributed by atoms with Gasteiger partial charge in [-0.3, -0.25) is 14.9 Å². The zero-order chi connectivity index (χ0) is 13.0. The van der Waals surface area contributed by atoms with Gasteiger partial charge in [0.1, 0.15) is 12.2 Å². The van der Waals surface area contributed by atoms with Gasteiger partial charge in [-0.25, -0.2) is 4.79 Å². The minimum Gasteiger partial charge on any atom is -0.480 e. The summed E-state index contributed by atoms with van der Waals surface area (Å²) in [6, 6.07) is 3.46. The first-order valence-corrected chi connectivity index (χ1v) is 4.40. The highest BCUT2D eigenvalue weighted by Gasteiger charge is 2.21. The third kappa shape index (κ3) is 2.91. The number of hydrogen-bond acceptors (Lipinski definition) is 5. The summed E-state index contributed by atoms with van der Waals surface area (Å²) < 4.78 is 0. The lowest BCUT2D eigenvalue weighted by Crippen LogP contribution is -2.16. The van der Waals surface area contributed by atoms with E-state index in [1.807, 2.05) is 0 Å². The number of carboxylic acid groups (broad SMARTS) is 2. The number of anilines is 1. The van der Waals surface area contributed by atoms with Crippen LogP contribution in [0, 0.1) is 10.1 Å².